The zero-order valence-electron chi connectivity index (χ0n) is 10.2. The molecule has 2 aromatic rings. The summed E-state index contributed by atoms with van der Waals surface area (Å²) in [5.41, 5.74) is 1.78. The van der Waals surface area contributed by atoms with E-state index >= 15 is 0 Å². The average Bonchev–Trinajstić information content (AvgIpc) is 2.45. The molecule has 0 N–H and O–H groups in total. The maximum Gasteiger partial charge on any atom is 0.198 e. The lowest BCUT2D eigenvalue weighted by molar-refractivity contribution is 0.0974. The Bertz CT molecular complexity index is 482. The standard InChI is InChI=1S/C15H15N2O/c18-15(14-10-11-16-12-17-14)9-5-4-8-13-6-2-1-3-7-13/h1-3,6-7,10-11H,4-5,8-9H2. The van der Waals surface area contributed by atoms with E-state index in [0.29, 0.717) is 12.1 Å². The van der Waals surface area contributed by atoms with Gasteiger partial charge in [0.25, 0.3) is 0 Å². The van der Waals surface area contributed by atoms with Gasteiger partial charge in [-0.3, -0.25) is 4.79 Å². The number of aryl methyl sites for hydroxylation is 1. The fourth-order valence-corrected chi connectivity index (χ4v) is 1.80. The summed E-state index contributed by atoms with van der Waals surface area (Å²) in [6.07, 6.45) is 7.45. The van der Waals surface area contributed by atoms with Crippen molar-refractivity contribution >= 4 is 5.78 Å². The predicted molar refractivity (Wildman–Crippen MR) is 69.2 cm³/mol. The summed E-state index contributed by atoms with van der Waals surface area (Å²) in [4.78, 5) is 19.3. The number of aromatic nitrogens is 2. The molecule has 0 bridgehead atoms. The van der Waals surface area contributed by atoms with E-state index in [1.165, 1.54) is 5.56 Å². The van der Waals surface area contributed by atoms with Gasteiger partial charge in [-0.2, -0.15) is 0 Å². The third-order valence-corrected chi connectivity index (χ3v) is 2.78. The number of hydrogen-bond donors (Lipinski definition) is 0. The third-order valence-electron chi connectivity index (χ3n) is 2.78. The fraction of sp³-hybridized carbons (Fsp3) is 0.267. The fourth-order valence-electron chi connectivity index (χ4n) is 1.80. The van der Waals surface area contributed by atoms with Gasteiger partial charge in [0, 0.05) is 12.6 Å². The molecule has 18 heavy (non-hydrogen) atoms. The van der Waals surface area contributed by atoms with Gasteiger partial charge in [-0.15, -0.1) is 0 Å². The monoisotopic (exact) mass is 239 g/mol. The van der Waals surface area contributed by atoms with Crippen LogP contribution in [0.1, 0.15) is 35.3 Å². The zero-order chi connectivity index (χ0) is 12.6. The molecule has 0 aliphatic heterocycles. The molecule has 0 saturated carbocycles. The van der Waals surface area contributed by atoms with Crippen LogP contribution in [0.2, 0.25) is 0 Å². The smallest absolute Gasteiger partial charge is 0.198 e. The molecule has 1 radical (unpaired) electrons. The highest BCUT2D eigenvalue weighted by Crippen LogP contribution is 2.08. The second kappa shape index (κ2) is 6.64. The van der Waals surface area contributed by atoms with Crippen LogP contribution >= 0.6 is 0 Å². The van der Waals surface area contributed by atoms with E-state index in [2.05, 4.69) is 28.4 Å². The lowest BCUT2D eigenvalue weighted by atomic mass is 10.0. The second-order valence-corrected chi connectivity index (χ2v) is 4.16. The first-order chi connectivity index (χ1) is 8.86. The quantitative estimate of drug-likeness (QED) is 0.575. The highest BCUT2D eigenvalue weighted by atomic mass is 16.1. The molecular formula is C15H15N2O. The summed E-state index contributed by atoms with van der Waals surface area (Å²) >= 11 is 0. The number of Topliss-reactive ketones (excluding diaryl/α,β-unsaturated/α-hetero) is 1. The van der Waals surface area contributed by atoms with Crippen molar-refractivity contribution in [1.29, 1.82) is 0 Å². The van der Waals surface area contributed by atoms with Gasteiger partial charge >= 0.3 is 0 Å². The lowest BCUT2D eigenvalue weighted by Gasteiger charge is -2.01. The molecule has 1 heterocycles. The summed E-state index contributed by atoms with van der Waals surface area (Å²) < 4.78 is 0. The summed E-state index contributed by atoms with van der Waals surface area (Å²) in [6, 6.07) is 11.9. The lowest BCUT2D eigenvalue weighted by Crippen LogP contribution is -2.02. The Morgan fingerprint density at radius 1 is 1.11 bits per heavy atom. The molecule has 0 unspecified atom stereocenters. The topological polar surface area (TPSA) is 42.9 Å². The molecule has 3 heteroatoms. The Balaban J connectivity index is 1.72. The van der Waals surface area contributed by atoms with E-state index < -0.39 is 0 Å². The van der Waals surface area contributed by atoms with E-state index in [4.69, 9.17) is 0 Å². The average molecular weight is 239 g/mol. The Kier molecular flexibility index (Phi) is 4.59. The Morgan fingerprint density at radius 2 is 1.94 bits per heavy atom. The molecule has 0 saturated heterocycles. The molecule has 91 valence electrons. The first-order valence-electron chi connectivity index (χ1n) is 6.12. The highest BCUT2D eigenvalue weighted by Gasteiger charge is 2.06. The van der Waals surface area contributed by atoms with Crippen LogP contribution in [0.4, 0.5) is 0 Å². The van der Waals surface area contributed by atoms with Gasteiger partial charge in [-0.1, -0.05) is 30.3 Å². The predicted octanol–water partition coefficient (Wildman–Crippen LogP) is 2.87. The molecule has 0 spiro atoms. The van der Waals surface area contributed by atoms with Gasteiger partial charge in [-0.25, -0.2) is 9.97 Å². The SMILES string of the molecule is O=C(CCCCc1ccccc1)c1ccn[c]n1. The number of unbranched alkanes of at least 4 members (excludes halogenated alkanes) is 1. The van der Waals surface area contributed by atoms with Gasteiger partial charge in [0.2, 0.25) is 0 Å². The summed E-state index contributed by atoms with van der Waals surface area (Å²) in [5.74, 6) is 0.0710. The minimum absolute atomic E-state index is 0.0710. The minimum Gasteiger partial charge on any atom is -0.292 e. The van der Waals surface area contributed by atoms with Gasteiger partial charge in [0.1, 0.15) is 5.69 Å². The maximum atomic E-state index is 11.7. The number of ketones is 1. The first kappa shape index (κ1) is 12.4. The normalized spacial score (nSPS) is 10.2. The van der Waals surface area contributed by atoms with Crippen molar-refractivity contribution in [3.8, 4) is 0 Å². The van der Waals surface area contributed by atoms with Crippen molar-refractivity contribution in [3.63, 3.8) is 0 Å². The number of carbonyl (C=O) groups is 1. The van der Waals surface area contributed by atoms with Crippen LogP contribution < -0.4 is 0 Å². The van der Waals surface area contributed by atoms with Crippen molar-refractivity contribution in [1.82, 2.24) is 9.97 Å². The van der Waals surface area contributed by atoms with Crippen LogP contribution in [0.3, 0.4) is 0 Å². The number of nitrogens with zero attached hydrogens (tertiary/aromatic N) is 2. The number of carbonyl (C=O) groups excluding carboxylic acids is 1. The molecule has 0 amide bonds. The van der Waals surface area contributed by atoms with Gasteiger partial charge in [-0.05, 0) is 30.9 Å². The number of benzene rings is 1. The van der Waals surface area contributed by atoms with Crippen molar-refractivity contribution < 1.29 is 4.79 Å². The zero-order valence-corrected chi connectivity index (χ0v) is 10.2. The molecule has 1 aromatic carbocycles. The molecule has 3 nitrogen and oxygen atoms in total. The van der Waals surface area contributed by atoms with Crippen LogP contribution in [-0.2, 0) is 6.42 Å². The Hall–Kier alpha value is -2.03. The van der Waals surface area contributed by atoms with Crippen molar-refractivity contribution in [2.45, 2.75) is 25.7 Å². The van der Waals surface area contributed by atoms with Gasteiger partial charge < -0.3 is 0 Å². The van der Waals surface area contributed by atoms with Crippen LogP contribution in [0, 0.1) is 6.33 Å². The second-order valence-electron chi connectivity index (χ2n) is 4.16. The number of rotatable bonds is 6. The molecule has 0 atom stereocenters. The van der Waals surface area contributed by atoms with Crippen LogP contribution in [0.25, 0.3) is 0 Å². The molecule has 2 rings (SSSR count). The summed E-state index contributed by atoms with van der Waals surface area (Å²) in [5, 5.41) is 0. The van der Waals surface area contributed by atoms with Crippen molar-refractivity contribution in [3.05, 3.63) is 60.2 Å². The highest BCUT2D eigenvalue weighted by molar-refractivity contribution is 5.93. The largest absolute Gasteiger partial charge is 0.292 e. The van der Waals surface area contributed by atoms with E-state index in [1.807, 2.05) is 18.2 Å². The van der Waals surface area contributed by atoms with E-state index in [-0.39, 0.29) is 5.78 Å². The Labute approximate surface area is 107 Å². The molecule has 0 aliphatic carbocycles. The molecule has 0 fully saturated rings. The van der Waals surface area contributed by atoms with E-state index in [0.717, 1.165) is 19.3 Å². The van der Waals surface area contributed by atoms with E-state index in [9.17, 15) is 4.79 Å². The molecule has 0 aliphatic rings. The van der Waals surface area contributed by atoms with Crippen molar-refractivity contribution in [2.75, 3.05) is 0 Å². The van der Waals surface area contributed by atoms with Crippen LogP contribution in [-0.4, -0.2) is 15.8 Å². The summed E-state index contributed by atoms with van der Waals surface area (Å²) in [7, 11) is 0. The maximum absolute atomic E-state index is 11.7. The van der Waals surface area contributed by atoms with Gasteiger partial charge in [0.05, 0.1) is 0 Å². The number of hydrogen-bond acceptors (Lipinski definition) is 3. The molecule has 1 aromatic heterocycles. The third kappa shape index (κ3) is 3.77. The first-order valence-corrected chi connectivity index (χ1v) is 6.12. The Morgan fingerprint density at radius 3 is 2.67 bits per heavy atom. The van der Waals surface area contributed by atoms with Gasteiger partial charge in [0.15, 0.2) is 12.1 Å². The van der Waals surface area contributed by atoms with Crippen molar-refractivity contribution in [2.24, 2.45) is 0 Å². The van der Waals surface area contributed by atoms with E-state index in [1.54, 1.807) is 12.3 Å². The van der Waals surface area contributed by atoms with Crippen LogP contribution in [0.15, 0.2) is 42.6 Å². The minimum atomic E-state index is 0.0710. The molecular weight excluding hydrogens is 224 g/mol. The summed E-state index contributed by atoms with van der Waals surface area (Å²) in [6.45, 7) is 0. The van der Waals surface area contributed by atoms with Crippen LogP contribution in [0.5, 0.6) is 0 Å².